The van der Waals surface area contributed by atoms with E-state index in [2.05, 4.69) is 18.8 Å². The standard InChI is InChI=1S/C20H29N3O3/c1-4-6-15(3)23-14-20(26-19(23)25)8-11-22(12-9-20)18(24)16-7-10-21-17(5-2)13-16/h7,10,13,15H,4-6,8-9,11-12,14H2,1-3H3. The summed E-state index contributed by atoms with van der Waals surface area (Å²) in [6.07, 6.45) is 5.74. The second-order valence-electron chi connectivity index (χ2n) is 7.50. The monoisotopic (exact) mass is 359 g/mol. The molecular formula is C20H29N3O3. The molecule has 1 unspecified atom stereocenters. The number of carbonyl (C=O) groups is 2. The molecule has 1 spiro atoms. The Balaban J connectivity index is 1.62. The molecule has 0 saturated carbocycles. The van der Waals surface area contributed by atoms with Crippen molar-refractivity contribution in [2.24, 2.45) is 0 Å². The summed E-state index contributed by atoms with van der Waals surface area (Å²) in [4.78, 5) is 33.0. The van der Waals surface area contributed by atoms with Crippen LogP contribution in [-0.4, -0.2) is 58.1 Å². The van der Waals surface area contributed by atoms with Crippen molar-refractivity contribution >= 4 is 12.0 Å². The van der Waals surface area contributed by atoms with E-state index in [4.69, 9.17) is 4.74 Å². The quantitative estimate of drug-likeness (QED) is 0.809. The molecule has 142 valence electrons. The summed E-state index contributed by atoms with van der Waals surface area (Å²) in [6.45, 7) is 8.11. The SMILES string of the molecule is CCCC(C)N1CC2(CCN(C(=O)c3ccnc(CC)c3)CC2)OC1=O. The van der Waals surface area contributed by atoms with Crippen LogP contribution in [0.15, 0.2) is 18.3 Å². The molecule has 2 amide bonds. The molecule has 2 saturated heterocycles. The number of ether oxygens (including phenoxy) is 1. The van der Waals surface area contributed by atoms with Crippen LogP contribution in [0.4, 0.5) is 4.79 Å². The van der Waals surface area contributed by atoms with E-state index in [1.165, 1.54) is 0 Å². The van der Waals surface area contributed by atoms with E-state index >= 15 is 0 Å². The lowest BCUT2D eigenvalue weighted by molar-refractivity contribution is 0.00306. The molecule has 0 N–H and O–H groups in total. The molecule has 0 aliphatic carbocycles. The van der Waals surface area contributed by atoms with Gasteiger partial charge in [-0.05, 0) is 31.9 Å². The summed E-state index contributed by atoms with van der Waals surface area (Å²) in [5.74, 6) is 0.0393. The molecular weight excluding hydrogens is 330 g/mol. The Bertz CT molecular complexity index is 668. The number of piperidine rings is 1. The Labute approximate surface area is 155 Å². The summed E-state index contributed by atoms with van der Waals surface area (Å²) in [7, 11) is 0. The average Bonchev–Trinajstić information content (AvgIpc) is 2.98. The summed E-state index contributed by atoms with van der Waals surface area (Å²) >= 11 is 0. The van der Waals surface area contributed by atoms with Gasteiger partial charge in [-0.25, -0.2) is 4.79 Å². The summed E-state index contributed by atoms with van der Waals surface area (Å²) in [5, 5.41) is 0. The third-order valence-electron chi connectivity index (χ3n) is 5.62. The number of likely N-dealkylation sites (tertiary alicyclic amines) is 1. The first-order chi connectivity index (χ1) is 12.5. The minimum Gasteiger partial charge on any atom is -0.441 e. The van der Waals surface area contributed by atoms with Gasteiger partial charge in [0.2, 0.25) is 0 Å². The maximum Gasteiger partial charge on any atom is 0.410 e. The van der Waals surface area contributed by atoms with E-state index in [0.29, 0.717) is 38.0 Å². The second-order valence-corrected chi connectivity index (χ2v) is 7.50. The van der Waals surface area contributed by atoms with Gasteiger partial charge in [0.05, 0.1) is 6.54 Å². The first kappa shape index (κ1) is 18.7. The van der Waals surface area contributed by atoms with Crippen LogP contribution in [0.1, 0.15) is 62.5 Å². The summed E-state index contributed by atoms with van der Waals surface area (Å²) in [6, 6.07) is 3.85. The number of pyridine rings is 1. The summed E-state index contributed by atoms with van der Waals surface area (Å²) < 4.78 is 5.78. The Morgan fingerprint density at radius 3 is 2.73 bits per heavy atom. The lowest BCUT2D eigenvalue weighted by atomic mass is 9.90. The largest absolute Gasteiger partial charge is 0.441 e. The molecule has 1 aromatic heterocycles. The second kappa shape index (κ2) is 7.64. The van der Waals surface area contributed by atoms with Crippen molar-refractivity contribution in [2.75, 3.05) is 19.6 Å². The maximum absolute atomic E-state index is 12.8. The number of nitrogens with zero attached hydrogens (tertiary/aromatic N) is 3. The predicted octanol–water partition coefficient (Wildman–Crippen LogP) is 3.26. The van der Waals surface area contributed by atoms with Gasteiger partial charge in [-0.2, -0.15) is 0 Å². The fourth-order valence-electron chi connectivity index (χ4n) is 3.93. The van der Waals surface area contributed by atoms with E-state index in [-0.39, 0.29) is 18.0 Å². The lowest BCUT2D eigenvalue weighted by Crippen LogP contribution is -2.49. The third kappa shape index (κ3) is 3.69. The van der Waals surface area contributed by atoms with Crippen molar-refractivity contribution in [1.29, 1.82) is 0 Å². The van der Waals surface area contributed by atoms with Gasteiger partial charge in [0.15, 0.2) is 0 Å². The number of rotatable bonds is 5. The van der Waals surface area contributed by atoms with E-state index in [1.54, 1.807) is 12.3 Å². The smallest absolute Gasteiger partial charge is 0.410 e. The maximum atomic E-state index is 12.8. The van der Waals surface area contributed by atoms with Crippen molar-refractivity contribution < 1.29 is 14.3 Å². The third-order valence-corrected chi connectivity index (χ3v) is 5.62. The van der Waals surface area contributed by atoms with Crippen LogP contribution in [-0.2, 0) is 11.2 Å². The van der Waals surface area contributed by atoms with Gasteiger partial charge in [-0.1, -0.05) is 20.3 Å². The zero-order chi connectivity index (χ0) is 18.7. The van der Waals surface area contributed by atoms with Crippen LogP contribution in [0.2, 0.25) is 0 Å². The Hall–Kier alpha value is -2.11. The predicted molar refractivity (Wildman–Crippen MR) is 99.0 cm³/mol. The first-order valence-corrected chi connectivity index (χ1v) is 9.72. The van der Waals surface area contributed by atoms with Gasteiger partial charge in [0.25, 0.3) is 5.91 Å². The molecule has 6 nitrogen and oxygen atoms in total. The average molecular weight is 359 g/mol. The zero-order valence-electron chi connectivity index (χ0n) is 16.0. The normalized spacial score (nSPS) is 20.3. The fraction of sp³-hybridized carbons (Fsp3) is 0.650. The molecule has 26 heavy (non-hydrogen) atoms. The van der Waals surface area contributed by atoms with E-state index < -0.39 is 5.60 Å². The molecule has 0 bridgehead atoms. The van der Waals surface area contributed by atoms with Crippen LogP contribution in [0, 0.1) is 0 Å². The number of hydrogen-bond donors (Lipinski definition) is 0. The van der Waals surface area contributed by atoms with Crippen molar-refractivity contribution in [3.8, 4) is 0 Å². The van der Waals surface area contributed by atoms with Crippen LogP contribution in [0.5, 0.6) is 0 Å². The zero-order valence-corrected chi connectivity index (χ0v) is 16.0. The number of hydrogen-bond acceptors (Lipinski definition) is 4. The van der Waals surface area contributed by atoms with Crippen LogP contribution < -0.4 is 0 Å². The highest BCUT2D eigenvalue weighted by Crippen LogP contribution is 2.35. The number of aromatic nitrogens is 1. The van der Waals surface area contributed by atoms with Crippen LogP contribution in [0.3, 0.4) is 0 Å². The molecule has 0 radical (unpaired) electrons. The van der Waals surface area contributed by atoms with Gasteiger partial charge in [-0.15, -0.1) is 0 Å². The van der Waals surface area contributed by atoms with Gasteiger partial charge in [0, 0.05) is 49.4 Å². The fourth-order valence-corrected chi connectivity index (χ4v) is 3.93. The van der Waals surface area contributed by atoms with Crippen LogP contribution >= 0.6 is 0 Å². The summed E-state index contributed by atoms with van der Waals surface area (Å²) in [5.41, 5.74) is 1.19. The Morgan fingerprint density at radius 1 is 1.35 bits per heavy atom. The van der Waals surface area contributed by atoms with E-state index in [9.17, 15) is 9.59 Å². The molecule has 3 heterocycles. The highest BCUT2D eigenvalue weighted by molar-refractivity contribution is 5.94. The van der Waals surface area contributed by atoms with Crippen molar-refractivity contribution in [3.05, 3.63) is 29.6 Å². The number of aryl methyl sites for hydroxylation is 1. The molecule has 1 aromatic rings. The Morgan fingerprint density at radius 2 is 2.08 bits per heavy atom. The van der Waals surface area contributed by atoms with E-state index in [0.717, 1.165) is 25.0 Å². The molecule has 1 atom stereocenters. The van der Waals surface area contributed by atoms with Crippen molar-refractivity contribution in [3.63, 3.8) is 0 Å². The molecule has 2 fully saturated rings. The molecule has 2 aliphatic rings. The molecule has 0 aromatic carbocycles. The Kier molecular flexibility index (Phi) is 5.49. The van der Waals surface area contributed by atoms with E-state index in [1.807, 2.05) is 22.8 Å². The van der Waals surface area contributed by atoms with Crippen molar-refractivity contribution in [2.45, 2.75) is 64.5 Å². The highest BCUT2D eigenvalue weighted by Gasteiger charge is 2.48. The topological polar surface area (TPSA) is 62.7 Å². The minimum absolute atomic E-state index is 0.0393. The van der Waals surface area contributed by atoms with Gasteiger partial charge < -0.3 is 14.5 Å². The van der Waals surface area contributed by atoms with Crippen LogP contribution in [0.25, 0.3) is 0 Å². The molecule has 6 heteroatoms. The molecule has 3 rings (SSSR count). The van der Waals surface area contributed by atoms with Gasteiger partial charge >= 0.3 is 6.09 Å². The first-order valence-electron chi connectivity index (χ1n) is 9.72. The number of carbonyl (C=O) groups excluding carboxylic acids is 2. The minimum atomic E-state index is -0.428. The highest BCUT2D eigenvalue weighted by atomic mass is 16.6. The van der Waals surface area contributed by atoms with Gasteiger partial charge in [-0.3, -0.25) is 9.78 Å². The number of amides is 2. The molecule has 2 aliphatic heterocycles. The lowest BCUT2D eigenvalue weighted by Gasteiger charge is -2.37. The van der Waals surface area contributed by atoms with Crippen molar-refractivity contribution in [1.82, 2.24) is 14.8 Å². The van der Waals surface area contributed by atoms with Gasteiger partial charge in [0.1, 0.15) is 5.60 Å².